The Kier molecular flexibility index (Phi) is 5.82. The lowest BCUT2D eigenvalue weighted by Crippen LogP contribution is -2.48. The average molecular weight is 371 g/mol. The molecule has 2 aliphatic rings. The number of hydrogen-bond acceptors (Lipinski definition) is 3. The van der Waals surface area contributed by atoms with Crippen LogP contribution >= 0.6 is 0 Å². The minimum atomic E-state index is -0.726. The van der Waals surface area contributed by atoms with Gasteiger partial charge in [0, 0.05) is 13.0 Å². The van der Waals surface area contributed by atoms with Crippen molar-refractivity contribution >= 4 is 17.8 Å². The molecule has 1 aromatic rings. The molecule has 1 aliphatic carbocycles. The van der Waals surface area contributed by atoms with Crippen molar-refractivity contribution in [1.82, 2.24) is 15.5 Å². The second kappa shape index (κ2) is 8.11. The van der Waals surface area contributed by atoms with Crippen LogP contribution in [0, 0.1) is 5.92 Å². The summed E-state index contributed by atoms with van der Waals surface area (Å²) in [5, 5.41) is 5.93. The lowest BCUT2D eigenvalue weighted by Gasteiger charge is -2.30. The van der Waals surface area contributed by atoms with E-state index in [0.717, 1.165) is 24.8 Å². The van der Waals surface area contributed by atoms with Crippen molar-refractivity contribution in [2.24, 2.45) is 5.92 Å². The molecule has 2 N–H and O–H groups in total. The van der Waals surface area contributed by atoms with E-state index in [9.17, 15) is 14.4 Å². The minimum absolute atomic E-state index is 0.0912. The summed E-state index contributed by atoms with van der Waals surface area (Å²) in [7, 11) is 0. The summed E-state index contributed by atoms with van der Waals surface area (Å²) < 4.78 is 0. The van der Waals surface area contributed by atoms with Gasteiger partial charge in [0.25, 0.3) is 5.91 Å². The Morgan fingerprint density at radius 1 is 1.15 bits per heavy atom. The molecule has 1 heterocycles. The van der Waals surface area contributed by atoms with E-state index in [1.165, 1.54) is 4.90 Å². The van der Waals surface area contributed by atoms with Crippen molar-refractivity contribution in [1.29, 1.82) is 0 Å². The highest BCUT2D eigenvalue weighted by Crippen LogP contribution is 2.33. The van der Waals surface area contributed by atoms with Gasteiger partial charge in [-0.05, 0) is 24.3 Å². The molecule has 1 saturated heterocycles. The third-order valence-electron chi connectivity index (χ3n) is 5.66. The number of nitrogens with zero attached hydrogens (tertiary/aromatic N) is 1. The molecule has 27 heavy (non-hydrogen) atoms. The fourth-order valence-electron chi connectivity index (χ4n) is 4.13. The number of imide groups is 1. The maximum absolute atomic E-state index is 12.8. The summed E-state index contributed by atoms with van der Waals surface area (Å²) >= 11 is 0. The van der Waals surface area contributed by atoms with Crippen molar-refractivity contribution < 1.29 is 14.4 Å². The maximum atomic E-state index is 12.8. The molecule has 1 aromatic carbocycles. The first-order valence-electron chi connectivity index (χ1n) is 9.91. The maximum Gasteiger partial charge on any atom is 0.325 e. The van der Waals surface area contributed by atoms with Crippen LogP contribution in [0.4, 0.5) is 4.79 Å². The minimum Gasteiger partial charge on any atom is -0.349 e. The van der Waals surface area contributed by atoms with Gasteiger partial charge >= 0.3 is 6.03 Å². The summed E-state index contributed by atoms with van der Waals surface area (Å²) in [6, 6.07) is 9.39. The van der Waals surface area contributed by atoms with Gasteiger partial charge in [-0.25, -0.2) is 4.79 Å². The van der Waals surface area contributed by atoms with Crippen LogP contribution in [0.15, 0.2) is 30.3 Å². The van der Waals surface area contributed by atoms with Crippen LogP contribution < -0.4 is 10.6 Å². The number of carbonyl (C=O) groups excluding carboxylic acids is 3. The van der Waals surface area contributed by atoms with Gasteiger partial charge < -0.3 is 10.6 Å². The molecule has 1 spiro atoms. The third-order valence-corrected chi connectivity index (χ3v) is 5.66. The van der Waals surface area contributed by atoms with Crippen molar-refractivity contribution in [3.8, 4) is 0 Å². The quantitative estimate of drug-likeness (QED) is 0.754. The van der Waals surface area contributed by atoms with E-state index >= 15 is 0 Å². The van der Waals surface area contributed by atoms with Crippen molar-refractivity contribution in [3.63, 3.8) is 0 Å². The van der Waals surface area contributed by atoms with Crippen LogP contribution in [-0.4, -0.2) is 34.8 Å². The number of rotatable bonds is 6. The highest BCUT2D eigenvalue weighted by atomic mass is 16.2. The zero-order chi connectivity index (χ0) is 19.4. The highest BCUT2D eigenvalue weighted by Gasteiger charge is 2.51. The summed E-state index contributed by atoms with van der Waals surface area (Å²) in [6.45, 7) is 4.24. The molecule has 0 bridgehead atoms. The van der Waals surface area contributed by atoms with Crippen LogP contribution in [0.3, 0.4) is 0 Å². The van der Waals surface area contributed by atoms with E-state index in [2.05, 4.69) is 24.5 Å². The normalized spacial score (nSPS) is 20.0. The zero-order valence-corrected chi connectivity index (χ0v) is 16.2. The Morgan fingerprint density at radius 3 is 2.44 bits per heavy atom. The van der Waals surface area contributed by atoms with Gasteiger partial charge in [-0.15, -0.1) is 0 Å². The summed E-state index contributed by atoms with van der Waals surface area (Å²) in [5.41, 5.74) is 0.327. The Bertz CT molecular complexity index is 696. The molecule has 6 nitrogen and oxygen atoms in total. The fourth-order valence-corrected chi connectivity index (χ4v) is 4.13. The summed E-state index contributed by atoms with van der Waals surface area (Å²) in [4.78, 5) is 38.8. The van der Waals surface area contributed by atoms with Crippen molar-refractivity contribution in [2.75, 3.05) is 6.54 Å². The van der Waals surface area contributed by atoms with E-state index in [1.807, 2.05) is 30.3 Å². The summed E-state index contributed by atoms with van der Waals surface area (Å²) in [6.07, 6.45) is 4.52. The van der Waals surface area contributed by atoms with Crippen molar-refractivity contribution in [2.45, 2.75) is 64.0 Å². The molecular formula is C21H29N3O3. The van der Waals surface area contributed by atoms with Gasteiger partial charge in [0.2, 0.25) is 5.91 Å². The topological polar surface area (TPSA) is 78.5 Å². The number of urea groups is 1. The lowest BCUT2D eigenvalue weighted by atomic mass is 9.82. The first kappa shape index (κ1) is 19.4. The Labute approximate surface area is 160 Å². The van der Waals surface area contributed by atoms with E-state index in [0.29, 0.717) is 12.8 Å². The van der Waals surface area contributed by atoms with Gasteiger partial charge in [-0.3, -0.25) is 14.5 Å². The molecule has 1 aliphatic heterocycles. The highest BCUT2D eigenvalue weighted by molar-refractivity contribution is 6.07. The van der Waals surface area contributed by atoms with Gasteiger partial charge in [0.1, 0.15) is 5.54 Å². The van der Waals surface area contributed by atoms with E-state index in [-0.39, 0.29) is 42.8 Å². The molecule has 2 fully saturated rings. The fraction of sp³-hybridized carbons (Fsp3) is 0.571. The Hall–Kier alpha value is -2.37. The smallest absolute Gasteiger partial charge is 0.325 e. The molecule has 1 saturated carbocycles. The summed E-state index contributed by atoms with van der Waals surface area (Å²) in [5.74, 6) is -0.0789. The van der Waals surface area contributed by atoms with Crippen LogP contribution in [0.1, 0.15) is 64.0 Å². The monoisotopic (exact) mass is 371 g/mol. The van der Waals surface area contributed by atoms with Crippen LogP contribution in [0.5, 0.6) is 0 Å². The molecule has 3 rings (SSSR count). The van der Waals surface area contributed by atoms with Gasteiger partial charge in [-0.2, -0.15) is 0 Å². The van der Waals surface area contributed by atoms with E-state index < -0.39 is 5.54 Å². The first-order valence-corrected chi connectivity index (χ1v) is 9.91. The predicted octanol–water partition coefficient (Wildman–Crippen LogP) is 3.14. The second-order valence-electron chi connectivity index (χ2n) is 7.98. The number of benzene rings is 1. The van der Waals surface area contributed by atoms with Gasteiger partial charge in [0.05, 0.1) is 6.04 Å². The number of hydrogen-bond donors (Lipinski definition) is 2. The SMILES string of the molecule is CC(C)C(NC(=O)CCN1C(=O)NC2(CCCCC2)C1=O)c1ccccc1. The molecule has 0 radical (unpaired) electrons. The van der Waals surface area contributed by atoms with Gasteiger partial charge in [0.15, 0.2) is 0 Å². The molecule has 1 unspecified atom stereocenters. The average Bonchev–Trinajstić information content (AvgIpc) is 2.88. The molecule has 6 heteroatoms. The molecule has 4 amide bonds. The third kappa shape index (κ3) is 4.15. The lowest BCUT2D eigenvalue weighted by molar-refractivity contribution is -0.132. The van der Waals surface area contributed by atoms with E-state index in [1.54, 1.807) is 0 Å². The molecule has 146 valence electrons. The zero-order valence-electron chi connectivity index (χ0n) is 16.2. The van der Waals surface area contributed by atoms with Crippen LogP contribution in [0.2, 0.25) is 0 Å². The standard InChI is InChI=1S/C21H29N3O3/c1-15(2)18(16-9-5-3-6-10-16)22-17(25)11-14-24-19(26)21(23-20(24)27)12-7-4-8-13-21/h3,5-6,9-10,15,18H,4,7-8,11-14H2,1-2H3,(H,22,25)(H,23,27). The second-order valence-corrected chi connectivity index (χ2v) is 7.98. The van der Waals surface area contributed by atoms with Crippen LogP contribution in [-0.2, 0) is 9.59 Å². The van der Waals surface area contributed by atoms with E-state index in [4.69, 9.17) is 0 Å². The Morgan fingerprint density at radius 2 is 1.81 bits per heavy atom. The molecule has 0 aromatic heterocycles. The number of amides is 4. The number of carbonyl (C=O) groups is 3. The Balaban J connectivity index is 1.58. The number of nitrogens with one attached hydrogen (secondary N) is 2. The largest absolute Gasteiger partial charge is 0.349 e. The van der Waals surface area contributed by atoms with Crippen LogP contribution in [0.25, 0.3) is 0 Å². The first-order chi connectivity index (χ1) is 12.9. The molecule has 1 atom stereocenters. The predicted molar refractivity (Wildman–Crippen MR) is 103 cm³/mol. The van der Waals surface area contributed by atoms with Gasteiger partial charge in [-0.1, -0.05) is 63.4 Å². The molecular weight excluding hydrogens is 342 g/mol. The van der Waals surface area contributed by atoms with Crippen molar-refractivity contribution in [3.05, 3.63) is 35.9 Å².